The number of aryl methyl sites for hydroxylation is 2. The Kier molecular flexibility index (Phi) is 3.81. The average Bonchev–Trinajstić information content (AvgIpc) is 2.59. The van der Waals surface area contributed by atoms with Gasteiger partial charge in [-0.1, -0.05) is 13.8 Å². The molecule has 1 nitrogen and oxygen atoms in total. The molecule has 1 aromatic rings. The molecule has 1 aliphatic carbocycles. The topological polar surface area (TPSA) is 12.0 Å². The fourth-order valence-electron chi connectivity index (χ4n) is 2.12. The molecule has 0 aliphatic heterocycles. The fraction of sp³-hybridized carbons (Fsp3) is 0.692. The smallest absolute Gasteiger partial charge is 0.0300 e. The van der Waals surface area contributed by atoms with Crippen molar-refractivity contribution in [1.29, 1.82) is 0 Å². The Bertz CT molecular complexity index is 291. The van der Waals surface area contributed by atoms with E-state index in [4.69, 9.17) is 0 Å². The lowest BCUT2D eigenvalue weighted by Gasteiger charge is -2.08. The molecule has 0 amide bonds. The van der Waals surface area contributed by atoms with E-state index in [2.05, 4.69) is 25.2 Å². The van der Waals surface area contributed by atoms with Gasteiger partial charge in [-0.3, -0.25) is 0 Å². The van der Waals surface area contributed by atoms with E-state index in [1.54, 1.807) is 10.4 Å². The highest BCUT2D eigenvalue weighted by molar-refractivity contribution is 7.12. The van der Waals surface area contributed by atoms with E-state index in [1.165, 1.54) is 30.6 Å². The van der Waals surface area contributed by atoms with Gasteiger partial charge < -0.3 is 5.32 Å². The Balaban J connectivity index is 1.89. The Morgan fingerprint density at radius 2 is 2.13 bits per heavy atom. The van der Waals surface area contributed by atoms with Crippen LogP contribution in [0.25, 0.3) is 0 Å². The zero-order valence-corrected chi connectivity index (χ0v) is 10.6. The first-order valence-electron chi connectivity index (χ1n) is 6.07. The Morgan fingerprint density at radius 3 is 2.87 bits per heavy atom. The maximum Gasteiger partial charge on any atom is 0.0300 e. The van der Waals surface area contributed by atoms with Crippen LogP contribution >= 0.6 is 11.3 Å². The van der Waals surface area contributed by atoms with Crippen LogP contribution in [0.5, 0.6) is 0 Å². The van der Waals surface area contributed by atoms with Crippen molar-refractivity contribution in [3.05, 3.63) is 21.4 Å². The lowest BCUT2D eigenvalue weighted by atomic mass is 9.99. The molecule has 1 aromatic heterocycles. The average molecular weight is 223 g/mol. The molecular formula is C13H21NS. The number of rotatable bonds is 4. The summed E-state index contributed by atoms with van der Waals surface area (Å²) in [5.41, 5.74) is 1.63. The highest BCUT2D eigenvalue weighted by atomic mass is 32.1. The summed E-state index contributed by atoms with van der Waals surface area (Å²) in [6.07, 6.45) is 5.43. The summed E-state index contributed by atoms with van der Waals surface area (Å²) < 4.78 is 0. The Labute approximate surface area is 96.9 Å². The van der Waals surface area contributed by atoms with Crippen molar-refractivity contribution in [2.75, 3.05) is 6.54 Å². The molecule has 15 heavy (non-hydrogen) atoms. The van der Waals surface area contributed by atoms with Crippen LogP contribution in [0.15, 0.2) is 6.07 Å². The van der Waals surface area contributed by atoms with E-state index < -0.39 is 0 Å². The first-order chi connectivity index (χ1) is 7.25. The van der Waals surface area contributed by atoms with Crippen molar-refractivity contribution in [2.45, 2.75) is 46.1 Å². The molecule has 84 valence electrons. The van der Waals surface area contributed by atoms with Gasteiger partial charge >= 0.3 is 0 Å². The lowest BCUT2D eigenvalue weighted by molar-refractivity contribution is 0.554. The first-order valence-corrected chi connectivity index (χ1v) is 6.88. The van der Waals surface area contributed by atoms with Crippen LogP contribution in [0.3, 0.4) is 0 Å². The number of fused-ring (bicyclic) bond motifs is 1. The predicted octanol–water partition coefficient (Wildman–Crippen LogP) is 3.37. The normalized spacial score (nSPS) is 15.7. The number of nitrogens with one attached hydrogen (secondary N) is 1. The van der Waals surface area contributed by atoms with E-state index in [0.717, 1.165) is 19.0 Å². The van der Waals surface area contributed by atoms with Crippen LogP contribution in [0.1, 0.15) is 42.0 Å². The third kappa shape index (κ3) is 3.05. The van der Waals surface area contributed by atoms with Crippen LogP contribution in [0.4, 0.5) is 0 Å². The van der Waals surface area contributed by atoms with E-state index in [9.17, 15) is 0 Å². The predicted molar refractivity (Wildman–Crippen MR) is 67.5 cm³/mol. The Hall–Kier alpha value is -0.340. The molecule has 2 rings (SSSR count). The summed E-state index contributed by atoms with van der Waals surface area (Å²) in [5, 5.41) is 3.52. The lowest BCUT2D eigenvalue weighted by Crippen LogP contribution is -2.18. The highest BCUT2D eigenvalue weighted by Gasteiger charge is 2.12. The maximum atomic E-state index is 3.52. The van der Waals surface area contributed by atoms with Gasteiger partial charge in [-0.2, -0.15) is 0 Å². The van der Waals surface area contributed by atoms with Gasteiger partial charge in [0, 0.05) is 16.3 Å². The van der Waals surface area contributed by atoms with Crippen molar-refractivity contribution in [1.82, 2.24) is 5.32 Å². The Morgan fingerprint density at radius 1 is 1.33 bits per heavy atom. The number of hydrogen-bond donors (Lipinski definition) is 1. The zero-order valence-electron chi connectivity index (χ0n) is 9.81. The number of thiophene rings is 1. The highest BCUT2D eigenvalue weighted by Crippen LogP contribution is 2.29. The molecule has 0 fully saturated rings. The van der Waals surface area contributed by atoms with Crippen LogP contribution in [-0.4, -0.2) is 6.54 Å². The molecular weight excluding hydrogens is 202 g/mol. The van der Waals surface area contributed by atoms with E-state index >= 15 is 0 Å². The second-order valence-corrected chi connectivity index (χ2v) is 6.11. The van der Waals surface area contributed by atoms with Gasteiger partial charge in [0.05, 0.1) is 0 Å². The molecule has 0 saturated heterocycles. The number of hydrogen-bond acceptors (Lipinski definition) is 2. The molecule has 1 N–H and O–H groups in total. The van der Waals surface area contributed by atoms with Gasteiger partial charge in [0.25, 0.3) is 0 Å². The third-order valence-corrected chi connectivity index (χ3v) is 4.14. The van der Waals surface area contributed by atoms with Crippen molar-refractivity contribution < 1.29 is 0 Å². The zero-order chi connectivity index (χ0) is 10.7. The molecule has 0 radical (unpaired) electrons. The van der Waals surface area contributed by atoms with Crippen molar-refractivity contribution in [3.8, 4) is 0 Å². The summed E-state index contributed by atoms with van der Waals surface area (Å²) in [6, 6.07) is 2.42. The molecule has 1 aliphatic rings. The van der Waals surface area contributed by atoms with Crippen LogP contribution in [0.2, 0.25) is 0 Å². The monoisotopic (exact) mass is 223 g/mol. The van der Waals surface area contributed by atoms with Crippen molar-refractivity contribution >= 4 is 11.3 Å². The second-order valence-electron chi connectivity index (χ2n) is 4.89. The largest absolute Gasteiger partial charge is 0.312 e. The maximum absolute atomic E-state index is 3.52. The van der Waals surface area contributed by atoms with Crippen molar-refractivity contribution in [2.24, 2.45) is 5.92 Å². The van der Waals surface area contributed by atoms with E-state index in [1.807, 2.05) is 11.3 Å². The van der Waals surface area contributed by atoms with Gasteiger partial charge in [-0.25, -0.2) is 0 Å². The van der Waals surface area contributed by atoms with Crippen LogP contribution in [-0.2, 0) is 19.4 Å². The van der Waals surface area contributed by atoms with Gasteiger partial charge in [0.1, 0.15) is 0 Å². The minimum Gasteiger partial charge on any atom is -0.312 e. The summed E-state index contributed by atoms with van der Waals surface area (Å²) in [5.74, 6) is 0.750. The minimum atomic E-state index is 0.750. The molecule has 0 atom stereocenters. The SMILES string of the molecule is CC(C)CNCc1cc2c(s1)CCCC2. The molecule has 0 bridgehead atoms. The van der Waals surface area contributed by atoms with Gasteiger partial charge in [0.2, 0.25) is 0 Å². The molecule has 0 aromatic carbocycles. The summed E-state index contributed by atoms with van der Waals surface area (Å²) >= 11 is 2.02. The minimum absolute atomic E-state index is 0.750. The van der Waals surface area contributed by atoms with Gasteiger partial charge in [0.15, 0.2) is 0 Å². The van der Waals surface area contributed by atoms with Gasteiger partial charge in [-0.05, 0) is 49.8 Å². The first kappa shape index (κ1) is 11.2. The summed E-state index contributed by atoms with van der Waals surface area (Å²) in [7, 11) is 0. The molecule has 1 heterocycles. The third-order valence-electron chi connectivity index (χ3n) is 2.90. The second kappa shape index (κ2) is 5.13. The molecule has 0 saturated carbocycles. The van der Waals surface area contributed by atoms with Crippen molar-refractivity contribution in [3.63, 3.8) is 0 Å². The van der Waals surface area contributed by atoms with Crippen LogP contribution in [0, 0.1) is 5.92 Å². The van der Waals surface area contributed by atoms with E-state index in [0.29, 0.717) is 0 Å². The molecule has 0 unspecified atom stereocenters. The standard InChI is InChI=1S/C13H21NS/c1-10(2)8-14-9-12-7-11-5-3-4-6-13(11)15-12/h7,10,14H,3-6,8-9H2,1-2H3. The van der Waals surface area contributed by atoms with Crippen LogP contribution < -0.4 is 5.32 Å². The van der Waals surface area contributed by atoms with E-state index in [-0.39, 0.29) is 0 Å². The quantitative estimate of drug-likeness (QED) is 0.825. The van der Waals surface area contributed by atoms with Gasteiger partial charge in [-0.15, -0.1) is 11.3 Å². The molecule has 0 spiro atoms. The molecule has 2 heteroatoms. The summed E-state index contributed by atoms with van der Waals surface area (Å²) in [4.78, 5) is 3.19. The summed E-state index contributed by atoms with van der Waals surface area (Å²) in [6.45, 7) is 6.71. The fourth-order valence-corrected chi connectivity index (χ4v) is 3.35.